The summed E-state index contributed by atoms with van der Waals surface area (Å²) >= 11 is 5.70. The molecule has 5 heteroatoms. The van der Waals surface area contributed by atoms with Crippen molar-refractivity contribution < 1.29 is 8.42 Å². The van der Waals surface area contributed by atoms with Gasteiger partial charge in [0.2, 0.25) is 0 Å². The van der Waals surface area contributed by atoms with Crippen molar-refractivity contribution >= 4 is 21.4 Å². The highest BCUT2D eigenvalue weighted by Gasteiger charge is 2.13. The molecule has 14 heavy (non-hydrogen) atoms. The molecule has 0 spiro atoms. The minimum Gasteiger partial charge on any atom is -0.304 e. The lowest BCUT2D eigenvalue weighted by atomic mass is 10.4. The van der Waals surface area contributed by atoms with Crippen molar-refractivity contribution in [2.75, 3.05) is 12.4 Å². The smallest absolute Gasteiger partial charge is 0.191 e. The molecule has 1 aromatic rings. The first kappa shape index (κ1) is 11.5. The molecule has 0 aromatic heterocycles. The Labute approximate surface area is 89.0 Å². The van der Waals surface area contributed by atoms with Crippen LogP contribution in [0.15, 0.2) is 29.2 Å². The van der Waals surface area contributed by atoms with Crippen LogP contribution in [-0.2, 0) is 9.84 Å². The van der Waals surface area contributed by atoms with Crippen molar-refractivity contribution in [1.29, 1.82) is 0 Å². The van der Waals surface area contributed by atoms with Gasteiger partial charge in [-0.1, -0.05) is 24.6 Å². The van der Waals surface area contributed by atoms with E-state index in [9.17, 15) is 8.42 Å². The van der Waals surface area contributed by atoms with Crippen LogP contribution in [0.5, 0.6) is 0 Å². The molecule has 1 N–H and O–H groups in total. The number of benzene rings is 1. The van der Waals surface area contributed by atoms with Gasteiger partial charge in [0.1, 0.15) is 5.88 Å². The van der Waals surface area contributed by atoms with Crippen molar-refractivity contribution in [2.45, 2.75) is 11.8 Å². The molecule has 0 radical (unpaired) electrons. The van der Waals surface area contributed by atoms with E-state index >= 15 is 0 Å². The van der Waals surface area contributed by atoms with Crippen LogP contribution in [0, 0.1) is 0 Å². The minimum atomic E-state index is -3.24. The normalized spacial score (nSPS) is 11.6. The van der Waals surface area contributed by atoms with E-state index in [0.717, 1.165) is 0 Å². The third-order valence-corrected chi connectivity index (χ3v) is 3.49. The van der Waals surface area contributed by atoms with Crippen molar-refractivity contribution in [3.05, 3.63) is 29.3 Å². The van der Waals surface area contributed by atoms with Gasteiger partial charge in [-0.3, -0.25) is 0 Å². The summed E-state index contributed by atoms with van der Waals surface area (Å²) in [6.07, 6.45) is 0. The van der Waals surface area contributed by atoms with Gasteiger partial charge < -0.3 is 5.32 Å². The topological polar surface area (TPSA) is 46.2 Å². The zero-order valence-corrected chi connectivity index (χ0v) is 9.40. The highest BCUT2D eigenvalue weighted by atomic mass is 35.5. The second kappa shape index (κ2) is 4.77. The van der Waals surface area contributed by atoms with Crippen molar-refractivity contribution in [1.82, 2.24) is 5.32 Å². The van der Waals surface area contributed by atoms with Crippen LogP contribution in [0.4, 0.5) is 0 Å². The zero-order valence-electron chi connectivity index (χ0n) is 7.83. The summed E-state index contributed by atoms with van der Waals surface area (Å²) in [6.45, 7) is 2.48. The molecule has 3 nitrogen and oxygen atoms in total. The standard InChI is InChI=1S/C9H12ClNO2S/c1-2-11-7-14(12,13)9-5-3-4-8(10)6-9/h3-6,11H,2,7H2,1H3. The number of hydrogen-bond donors (Lipinski definition) is 1. The van der Waals surface area contributed by atoms with Crippen molar-refractivity contribution in [3.63, 3.8) is 0 Å². The second-order valence-electron chi connectivity index (χ2n) is 2.82. The van der Waals surface area contributed by atoms with Gasteiger partial charge in [0.05, 0.1) is 4.90 Å². The van der Waals surface area contributed by atoms with Crippen LogP contribution in [0.1, 0.15) is 6.92 Å². The molecule has 0 bridgehead atoms. The predicted octanol–water partition coefficient (Wildman–Crippen LogP) is 1.68. The Bertz CT molecular complexity index is 403. The molecular formula is C9H12ClNO2S. The molecule has 0 unspecified atom stereocenters. The van der Waals surface area contributed by atoms with Crippen LogP contribution in [0.25, 0.3) is 0 Å². The molecule has 0 saturated carbocycles. The lowest BCUT2D eigenvalue weighted by Crippen LogP contribution is -2.22. The molecule has 0 aliphatic rings. The lowest BCUT2D eigenvalue weighted by Gasteiger charge is -2.04. The first-order valence-corrected chi connectivity index (χ1v) is 6.28. The third-order valence-electron chi connectivity index (χ3n) is 1.70. The van der Waals surface area contributed by atoms with E-state index in [2.05, 4.69) is 5.32 Å². The van der Waals surface area contributed by atoms with E-state index in [1.807, 2.05) is 6.92 Å². The van der Waals surface area contributed by atoms with Crippen molar-refractivity contribution in [3.8, 4) is 0 Å². The number of rotatable bonds is 4. The van der Waals surface area contributed by atoms with Crippen LogP contribution in [0.3, 0.4) is 0 Å². The first-order valence-electron chi connectivity index (χ1n) is 4.25. The number of halogens is 1. The van der Waals surface area contributed by atoms with E-state index < -0.39 is 9.84 Å². The van der Waals surface area contributed by atoms with Crippen LogP contribution >= 0.6 is 11.6 Å². The fourth-order valence-electron chi connectivity index (χ4n) is 0.980. The molecular weight excluding hydrogens is 222 g/mol. The number of nitrogens with one attached hydrogen (secondary N) is 1. The molecule has 1 rings (SSSR count). The molecule has 0 saturated heterocycles. The molecule has 1 aromatic carbocycles. The Hall–Kier alpha value is -0.580. The Morgan fingerprint density at radius 1 is 1.43 bits per heavy atom. The minimum absolute atomic E-state index is 0.0517. The Balaban J connectivity index is 2.93. The molecule has 78 valence electrons. The van der Waals surface area contributed by atoms with Gasteiger partial charge in [0, 0.05) is 5.02 Å². The summed E-state index contributed by atoms with van der Waals surface area (Å²) in [4.78, 5) is 0.256. The van der Waals surface area contributed by atoms with E-state index in [4.69, 9.17) is 11.6 Å². The summed E-state index contributed by atoms with van der Waals surface area (Å²) in [7, 11) is -3.24. The van der Waals surface area contributed by atoms with Crippen LogP contribution < -0.4 is 5.32 Å². The zero-order chi connectivity index (χ0) is 10.6. The van der Waals surface area contributed by atoms with Gasteiger partial charge in [0.25, 0.3) is 0 Å². The number of sulfone groups is 1. The first-order chi connectivity index (χ1) is 6.56. The third kappa shape index (κ3) is 2.97. The summed E-state index contributed by atoms with van der Waals surface area (Å²) in [6, 6.07) is 6.27. The predicted molar refractivity (Wildman–Crippen MR) is 57.2 cm³/mol. The summed E-state index contributed by atoms with van der Waals surface area (Å²) < 4.78 is 23.2. The lowest BCUT2D eigenvalue weighted by molar-refractivity contribution is 0.588. The Morgan fingerprint density at radius 3 is 2.71 bits per heavy atom. The number of hydrogen-bond acceptors (Lipinski definition) is 3. The Morgan fingerprint density at radius 2 is 2.14 bits per heavy atom. The summed E-state index contributed by atoms with van der Waals surface area (Å²) in [5.41, 5.74) is 0. The molecule has 0 aliphatic heterocycles. The average molecular weight is 234 g/mol. The van der Waals surface area contributed by atoms with Gasteiger partial charge >= 0.3 is 0 Å². The van der Waals surface area contributed by atoms with Gasteiger partial charge in [-0.15, -0.1) is 0 Å². The molecule has 0 aliphatic carbocycles. The van der Waals surface area contributed by atoms with Gasteiger partial charge in [-0.25, -0.2) is 8.42 Å². The maximum absolute atomic E-state index is 11.6. The van der Waals surface area contributed by atoms with Crippen LogP contribution in [0.2, 0.25) is 5.02 Å². The summed E-state index contributed by atoms with van der Waals surface area (Å²) in [5, 5.41) is 3.21. The molecule has 0 fully saturated rings. The van der Waals surface area contributed by atoms with E-state index in [0.29, 0.717) is 11.6 Å². The largest absolute Gasteiger partial charge is 0.304 e. The van der Waals surface area contributed by atoms with Gasteiger partial charge in [0.15, 0.2) is 9.84 Å². The van der Waals surface area contributed by atoms with Gasteiger partial charge in [-0.05, 0) is 24.7 Å². The monoisotopic (exact) mass is 233 g/mol. The highest BCUT2D eigenvalue weighted by molar-refractivity contribution is 7.91. The Kier molecular flexibility index (Phi) is 3.92. The van der Waals surface area contributed by atoms with Crippen LogP contribution in [-0.4, -0.2) is 20.8 Å². The molecule has 0 atom stereocenters. The molecule has 0 amide bonds. The fraction of sp³-hybridized carbons (Fsp3) is 0.333. The van der Waals surface area contributed by atoms with E-state index in [1.165, 1.54) is 6.07 Å². The maximum atomic E-state index is 11.6. The quantitative estimate of drug-likeness (QED) is 0.861. The molecule has 0 heterocycles. The van der Waals surface area contributed by atoms with E-state index in [-0.39, 0.29) is 10.8 Å². The SMILES string of the molecule is CCNCS(=O)(=O)c1cccc(Cl)c1. The summed E-state index contributed by atoms with van der Waals surface area (Å²) in [5.74, 6) is -0.0517. The van der Waals surface area contributed by atoms with Crippen molar-refractivity contribution in [2.24, 2.45) is 0 Å². The highest BCUT2D eigenvalue weighted by Crippen LogP contribution is 2.15. The maximum Gasteiger partial charge on any atom is 0.191 e. The average Bonchev–Trinajstić information content (AvgIpc) is 2.15. The second-order valence-corrected chi connectivity index (χ2v) is 5.25. The van der Waals surface area contributed by atoms with E-state index in [1.54, 1.807) is 18.2 Å². The fourth-order valence-corrected chi connectivity index (χ4v) is 2.47. The van der Waals surface area contributed by atoms with Gasteiger partial charge in [-0.2, -0.15) is 0 Å².